The van der Waals surface area contributed by atoms with Gasteiger partial charge in [-0.3, -0.25) is 4.79 Å². The van der Waals surface area contributed by atoms with Crippen molar-refractivity contribution >= 4 is 17.5 Å². The molecule has 3 nitrogen and oxygen atoms in total. The Kier molecular flexibility index (Phi) is 4.67. The van der Waals surface area contributed by atoms with Crippen molar-refractivity contribution in [2.75, 3.05) is 38.6 Å². The summed E-state index contributed by atoms with van der Waals surface area (Å²) in [5.41, 5.74) is 0. The quantitative estimate of drug-likeness (QED) is 0.750. The second-order valence-corrected chi connectivity index (χ2v) is 6.06. The summed E-state index contributed by atoms with van der Waals surface area (Å²) < 4.78 is 5.39. The molecule has 0 aromatic heterocycles. The molecule has 4 heteroatoms. The summed E-state index contributed by atoms with van der Waals surface area (Å²) >= 11 is 2.07. The van der Waals surface area contributed by atoms with Crippen LogP contribution in [0.25, 0.3) is 0 Å². The van der Waals surface area contributed by atoms with Crippen LogP contribution in [0.2, 0.25) is 0 Å². The van der Waals surface area contributed by atoms with E-state index in [1.54, 1.807) is 0 Å². The summed E-state index contributed by atoms with van der Waals surface area (Å²) in [5.74, 6) is 1.74. The number of rotatable bonds is 3. The number of ketones is 1. The second-order valence-electron chi connectivity index (χ2n) is 4.65. The van der Waals surface area contributed by atoms with Crippen LogP contribution in [0.5, 0.6) is 0 Å². The molecule has 0 aromatic rings. The molecule has 2 aliphatic rings. The monoisotopic (exact) mass is 243 g/mol. The van der Waals surface area contributed by atoms with E-state index in [2.05, 4.69) is 23.6 Å². The van der Waals surface area contributed by atoms with E-state index in [4.69, 9.17) is 4.74 Å². The molecule has 2 saturated heterocycles. The van der Waals surface area contributed by atoms with Crippen LogP contribution in [0.3, 0.4) is 0 Å². The van der Waals surface area contributed by atoms with Crippen LogP contribution in [0.4, 0.5) is 0 Å². The van der Waals surface area contributed by atoms with Crippen molar-refractivity contribution in [2.45, 2.75) is 25.0 Å². The first kappa shape index (κ1) is 12.4. The van der Waals surface area contributed by atoms with E-state index in [1.807, 2.05) is 0 Å². The van der Waals surface area contributed by atoms with Crippen molar-refractivity contribution in [2.24, 2.45) is 5.92 Å². The van der Waals surface area contributed by atoms with E-state index in [0.29, 0.717) is 25.4 Å². The first-order valence-electron chi connectivity index (χ1n) is 6.24. The number of thioether (sulfide) groups is 1. The van der Waals surface area contributed by atoms with Gasteiger partial charge < -0.3 is 9.64 Å². The standard InChI is InChI=1S/C12H21NO2S/c1-2-11-8-13(4-6-16-11)7-10-9-15-5-3-12(10)14/h10-11H,2-9H2,1H3. The highest BCUT2D eigenvalue weighted by Gasteiger charge is 2.27. The summed E-state index contributed by atoms with van der Waals surface area (Å²) in [7, 11) is 0. The molecule has 2 fully saturated rings. The third kappa shape index (κ3) is 3.22. The first-order valence-corrected chi connectivity index (χ1v) is 7.29. The molecule has 0 amide bonds. The Morgan fingerprint density at radius 2 is 2.44 bits per heavy atom. The molecular formula is C12H21NO2S. The summed E-state index contributed by atoms with van der Waals surface area (Å²) in [5, 5.41) is 0.758. The third-order valence-corrected chi connectivity index (χ3v) is 4.80. The van der Waals surface area contributed by atoms with Crippen molar-refractivity contribution in [3.63, 3.8) is 0 Å². The number of carbonyl (C=O) groups is 1. The SMILES string of the molecule is CCC1CN(CC2COCCC2=O)CCS1. The summed E-state index contributed by atoms with van der Waals surface area (Å²) in [6, 6.07) is 0. The Hall–Kier alpha value is -0.0600. The smallest absolute Gasteiger partial charge is 0.141 e. The maximum atomic E-state index is 11.7. The van der Waals surface area contributed by atoms with Gasteiger partial charge in [0.15, 0.2) is 0 Å². The molecule has 2 heterocycles. The minimum atomic E-state index is 0.134. The number of nitrogens with zero attached hydrogens (tertiary/aromatic N) is 1. The summed E-state index contributed by atoms with van der Waals surface area (Å²) in [6.07, 6.45) is 1.85. The molecule has 0 aromatic carbocycles. The number of Topliss-reactive ketones (excluding diaryl/α,β-unsaturated/α-hetero) is 1. The van der Waals surface area contributed by atoms with Gasteiger partial charge in [0.1, 0.15) is 5.78 Å². The Balaban J connectivity index is 1.81. The minimum absolute atomic E-state index is 0.134. The Bertz CT molecular complexity index is 247. The molecule has 0 saturated carbocycles. The van der Waals surface area contributed by atoms with Gasteiger partial charge in [0.2, 0.25) is 0 Å². The Morgan fingerprint density at radius 3 is 3.19 bits per heavy atom. The van der Waals surface area contributed by atoms with Crippen LogP contribution in [0.1, 0.15) is 19.8 Å². The maximum absolute atomic E-state index is 11.7. The zero-order valence-electron chi connectivity index (χ0n) is 9.98. The van der Waals surface area contributed by atoms with E-state index in [-0.39, 0.29) is 5.92 Å². The fourth-order valence-electron chi connectivity index (χ4n) is 2.35. The number of hydrogen-bond donors (Lipinski definition) is 0. The molecule has 2 unspecified atom stereocenters. The van der Waals surface area contributed by atoms with Gasteiger partial charge in [-0.05, 0) is 6.42 Å². The van der Waals surface area contributed by atoms with Gasteiger partial charge in [0.05, 0.1) is 19.1 Å². The average molecular weight is 243 g/mol. The highest BCUT2D eigenvalue weighted by atomic mass is 32.2. The molecule has 0 bridgehead atoms. The number of carbonyl (C=O) groups excluding carboxylic acids is 1. The predicted molar refractivity (Wildman–Crippen MR) is 66.9 cm³/mol. The van der Waals surface area contributed by atoms with E-state index >= 15 is 0 Å². The lowest BCUT2D eigenvalue weighted by atomic mass is 10.00. The number of ether oxygens (including phenoxy) is 1. The fraction of sp³-hybridized carbons (Fsp3) is 0.917. The van der Waals surface area contributed by atoms with Crippen LogP contribution in [0, 0.1) is 5.92 Å². The van der Waals surface area contributed by atoms with Crippen molar-refractivity contribution < 1.29 is 9.53 Å². The zero-order valence-corrected chi connectivity index (χ0v) is 10.8. The summed E-state index contributed by atoms with van der Waals surface area (Å²) in [4.78, 5) is 14.2. The average Bonchev–Trinajstić information content (AvgIpc) is 2.32. The topological polar surface area (TPSA) is 29.5 Å². The van der Waals surface area contributed by atoms with Gasteiger partial charge in [0, 0.05) is 37.1 Å². The van der Waals surface area contributed by atoms with Crippen molar-refractivity contribution in [3.8, 4) is 0 Å². The molecule has 2 atom stereocenters. The fourth-order valence-corrected chi connectivity index (χ4v) is 3.60. The lowest BCUT2D eigenvalue weighted by Gasteiger charge is -2.34. The van der Waals surface area contributed by atoms with Crippen LogP contribution >= 0.6 is 11.8 Å². The maximum Gasteiger partial charge on any atom is 0.141 e. The third-order valence-electron chi connectivity index (χ3n) is 3.42. The Morgan fingerprint density at radius 1 is 1.56 bits per heavy atom. The Labute approximate surface area is 102 Å². The van der Waals surface area contributed by atoms with Crippen LogP contribution in [-0.4, -0.2) is 54.5 Å². The minimum Gasteiger partial charge on any atom is -0.380 e. The van der Waals surface area contributed by atoms with E-state index in [1.165, 1.54) is 12.2 Å². The van der Waals surface area contributed by atoms with Crippen molar-refractivity contribution in [3.05, 3.63) is 0 Å². The van der Waals surface area contributed by atoms with Crippen LogP contribution < -0.4 is 0 Å². The highest BCUT2D eigenvalue weighted by molar-refractivity contribution is 8.00. The molecule has 0 spiro atoms. The lowest BCUT2D eigenvalue weighted by Crippen LogP contribution is -2.44. The molecule has 2 rings (SSSR count). The van der Waals surface area contributed by atoms with E-state index in [0.717, 1.165) is 24.9 Å². The van der Waals surface area contributed by atoms with Gasteiger partial charge in [-0.2, -0.15) is 11.8 Å². The largest absolute Gasteiger partial charge is 0.380 e. The van der Waals surface area contributed by atoms with Crippen molar-refractivity contribution in [1.82, 2.24) is 4.90 Å². The normalized spacial score (nSPS) is 32.9. The second kappa shape index (κ2) is 6.03. The van der Waals surface area contributed by atoms with E-state index in [9.17, 15) is 4.79 Å². The predicted octanol–water partition coefficient (Wildman–Crippen LogP) is 1.42. The molecule has 0 aliphatic carbocycles. The van der Waals surface area contributed by atoms with Crippen LogP contribution in [0.15, 0.2) is 0 Å². The molecule has 92 valence electrons. The molecule has 2 aliphatic heterocycles. The molecule has 0 N–H and O–H groups in total. The number of hydrogen-bond acceptors (Lipinski definition) is 4. The zero-order chi connectivity index (χ0) is 11.4. The lowest BCUT2D eigenvalue weighted by molar-refractivity contribution is -0.131. The van der Waals surface area contributed by atoms with Gasteiger partial charge in [-0.15, -0.1) is 0 Å². The van der Waals surface area contributed by atoms with Crippen molar-refractivity contribution in [1.29, 1.82) is 0 Å². The molecule has 16 heavy (non-hydrogen) atoms. The highest BCUT2D eigenvalue weighted by Crippen LogP contribution is 2.22. The van der Waals surface area contributed by atoms with Gasteiger partial charge in [-0.1, -0.05) is 6.92 Å². The molecule has 0 radical (unpaired) electrons. The molecular weight excluding hydrogens is 222 g/mol. The van der Waals surface area contributed by atoms with Crippen LogP contribution in [-0.2, 0) is 9.53 Å². The summed E-state index contributed by atoms with van der Waals surface area (Å²) in [6.45, 7) is 6.70. The first-order chi connectivity index (χ1) is 7.79. The van der Waals surface area contributed by atoms with Gasteiger partial charge >= 0.3 is 0 Å². The van der Waals surface area contributed by atoms with Gasteiger partial charge in [0.25, 0.3) is 0 Å². The van der Waals surface area contributed by atoms with E-state index < -0.39 is 0 Å². The van der Waals surface area contributed by atoms with Gasteiger partial charge in [-0.25, -0.2) is 0 Å².